The van der Waals surface area contributed by atoms with Gasteiger partial charge < -0.3 is 5.11 Å². The Bertz CT molecular complexity index is 424. The first-order chi connectivity index (χ1) is 8.24. The summed E-state index contributed by atoms with van der Waals surface area (Å²) in [5, 5.41) is 12.3. The predicted molar refractivity (Wildman–Crippen MR) is 67.0 cm³/mol. The predicted octanol–water partition coefficient (Wildman–Crippen LogP) is 2.47. The zero-order valence-corrected chi connectivity index (χ0v) is 9.73. The van der Waals surface area contributed by atoms with Crippen LogP contribution >= 0.6 is 0 Å². The Hall–Kier alpha value is -1.61. The van der Waals surface area contributed by atoms with Crippen molar-refractivity contribution in [3.63, 3.8) is 0 Å². The van der Waals surface area contributed by atoms with E-state index < -0.39 is 12.0 Å². The van der Waals surface area contributed by atoms with Crippen LogP contribution in [0.3, 0.4) is 0 Å². The van der Waals surface area contributed by atoms with E-state index in [1.807, 2.05) is 24.3 Å². The van der Waals surface area contributed by atoms with E-state index >= 15 is 0 Å². The maximum Gasteiger partial charge on any atom is 0.325 e. The highest BCUT2D eigenvalue weighted by atomic mass is 16.4. The molecule has 0 aliphatic heterocycles. The summed E-state index contributed by atoms with van der Waals surface area (Å²) in [6, 6.07) is 7.18. The lowest BCUT2D eigenvalue weighted by molar-refractivity contribution is -0.139. The van der Waals surface area contributed by atoms with Gasteiger partial charge in [0.15, 0.2) is 0 Å². The molecule has 1 aromatic rings. The number of aliphatic carboxylic acids is 1. The van der Waals surface area contributed by atoms with E-state index in [0.717, 1.165) is 5.56 Å². The molecule has 1 unspecified atom stereocenters. The van der Waals surface area contributed by atoms with E-state index in [0.29, 0.717) is 12.5 Å². The van der Waals surface area contributed by atoms with Gasteiger partial charge >= 0.3 is 5.97 Å². The smallest absolute Gasteiger partial charge is 0.325 e. The molecule has 3 nitrogen and oxygen atoms in total. The van der Waals surface area contributed by atoms with Gasteiger partial charge in [-0.2, -0.15) is 0 Å². The monoisotopic (exact) mass is 231 g/mol. The van der Waals surface area contributed by atoms with Crippen molar-refractivity contribution in [3.05, 3.63) is 48.0 Å². The van der Waals surface area contributed by atoms with Gasteiger partial charge in [0.2, 0.25) is 0 Å². The molecule has 0 spiro atoms. The summed E-state index contributed by atoms with van der Waals surface area (Å²) < 4.78 is 0. The zero-order chi connectivity index (χ0) is 12.3. The summed E-state index contributed by atoms with van der Waals surface area (Å²) in [7, 11) is 0. The van der Waals surface area contributed by atoms with Crippen molar-refractivity contribution < 1.29 is 9.90 Å². The van der Waals surface area contributed by atoms with Crippen molar-refractivity contribution in [1.29, 1.82) is 0 Å². The quantitative estimate of drug-likeness (QED) is 0.739. The molecule has 1 atom stereocenters. The molecule has 0 amide bonds. The molecular weight excluding hydrogens is 214 g/mol. The highest BCUT2D eigenvalue weighted by Crippen LogP contribution is 2.42. The molecule has 0 saturated heterocycles. The van der Waals surface area contributed by atoms with Crippen LogP contribution in [0, 0.1) is 0 Å². The average molecular weight is 231 g/mol. The van der Waals surface area contributed by atoms with Crippen molar-refractivity contribution >= 4 is 5.97 Å². The van der Waals surface area contributed by atoms with E-state index in [9.17, 15) is 9.90 Å². The SMILES string of the molecule is C=CCNC(C(=O)O)c1ccccc1C1CC1. The molecule has 0 heterocycles. The lowest BCUT2D eigenvalue weighted by Gasteiger charge is -2.17. The average Bonchev–Trinajstić information content (AvgIpc) is 3.14. The molecule has 0 radical (unpaired) electrons. The number of carboxylic acid groups (broad SMARTS) is 1. The molecule has 3 heteroatoms. The number of rotatable bonds is 6. The third-order valence-corrected chi connectivity index (χ3v) is 3.04. The van der Waals surface area contributed by atoms with Gasteiger partial charge in [-0.05, 0) is 29.9 Å². The molecule has 1 aliphatic carbocycles. The highest BCUT2D eigenvalue weighted by Gasteiger charge is 2.30. The Morgan fingerprint density at radius 3 is 2.82 bits per heavy atom. The molecule has 17 heavy (non-hydrogen) atoms. The van der Waals surface area contributed by atoms with Crippen molar-refractivity contribution in [2.75, 3.05) is 6.54 Å². The molecule has 90 valence electrons. The number of carbonyl (C=O) groups is 1. The van der Waals surface area contributed by atoms with Crippen molar-refractivity contribution in [2.45, 2.75) is 24.8 Å². The largest absolute Gasteiger partial charge is 0.480 e. The van der Waals surface area contributed by atoms with Gasteiger partial charge in [-0.15, -0.1) is 6.58 Å². The minimum absolute atomic E-state index is 0.496. The van der Waals surface area contributed by atoms with Crippen LogP contribution in [0.25, 0.3) is 0 Å². The van der Waals surface area contributed by atoms with E-state index in [-0.39, 0.29) is 0 Å². The van der Waals surface area contributed by atoms with Crippen LogP contribution in [0.2, 0.25) is 0 Å². The first-order valence-electron chi connectivity index (χ1n) is 5.90. The van der Waals surface area contributed by atoms with Gasteiger partial charge in [-0.1, -0.05) is 30.3 Å². The van der Waals surface area contributed by atoms with Gasteiger partial charge in [0.05, 0.1) is 0 Å². The minimum Gasteiger partial charge on any atom is -0.480 e. The van der Waals surface area contributed by atoms with Gasteiger partial charge in [-0.25, -0.2) is 0 Å². The molecule has 1 saturated carbocycles. The maximum absolute atomic E-state index is 11.3. The van der Waals surface area contributed by atoms with Gasteiger partial charge in [0, 0.05) is 6.54 Å². The van der Waals surface area contributed by atoms with Crippen LogP contribution < -0.4 is 5.32 Å². The lowest BCUT2D eigenvalue weighted by atomic mass is 9.97. The number of nitrogens with one attached hydrogen (secondary N) is 1. The molecule has 2 N–H and O–H groups in total. The molecule has 0 aromatic heterocycles. The second kappa shape index (κ2) is 5.15. The highest BCUT2D eigenvalue weighted by molar-refractivity contribution is 5.76. The van der Waals surface area contributed by atoms with Crippen molar-refractivity contribution in [1.82, 2.24) is 5.32 Å². The van der Waals surface area contributed by atoms with Gasteiger partial charge in [0.25, 0.3) is 0 Å². The Balaban J connectivity index is 2.27. The standard InChI is InChI=1S/C14H17NO2/c1-2-9-15-13(14(16)17)12-6-4-3-5-11(12)10-7-8-10/h2-6,10,13,15H,1,7-9H2,(H,16,17). The van der Waals surface area contributed by atoms with Crippen molar-refractivity contribution in [3.8, 4) is 0 Å². The first kappa shape index (κ1) is 11.9. The van der Waals surface area contributed by atoms with E-state index in [2.05, 4.69) is 11.9 Å². The van der Waals surface area contributed by atoms with Crippen LogP contribution in [-0.4, -0.2) is 17.6 Å². The van der Waals surface area contributed by atoms with E-state index in [1.165, 1.54) is 18.4 Å². The summed E-state index contributed by atoms with van der Waals surface area (Å²) in [4.78, 5) is 11.3. The summed E-state index contributed by atoms with van der Waals surface area (Å²) in [5.41, 5.74) is 2.07. The van der Waals surface area contributed by atoms with Gasteiger partial charge in [-0.3, -0.25) is 10.1 Å². The molecular formula is C14H17NO2. The van der Waals surface area contributed by atoms with Crippen LogP contribution in [0.4, 0.5) is 0 Å². The number of benzene rings is 1. The fraction of sp³-hybridized carbons (Fsp3) is 0.357. The summed E-state index contributed by atoms with van der Waals surface area (Å²) in [6.07, 6.45) is 4.02. The Labute approximate surface area is 101 Å². The third-order valence-electron chi connectivity index (χ3n) is 3.04. The topological polar surface area (TPSA) is 49.3 Å². The molecule has 1 aliphatic rings. The lowest BCUT2D eigenvalue weighted by Crippen LogP contribution is -2.29. The normalized spacial score (nSPS) is 16.5. The fourth-order valence-electron chi connectivity index (χ4n) is 2.07. The molecule has 2 rings (SSSR count). The van der Waals surface area contributed by atoms with Crippen molar-refractivity contribution in [2.24, 2.45) is 0 Å². The zero-order valence-electron chi connectivity index (χ0n) is 9.73. The number of hydrogen-bond acceptors (Lipinski definition) is 2. The minimum atomic E-state index is -0.833. The van der Waals surface area contributed by atoms with E-state index in [4.69, 9.17) is 0 Å². The third kappa shape index (κ3) is 2.74. The first-order valence-corrected chi connectivity index (χ1v) is 5.90. The Morgan fingerprint density at radius 2 is 2.24 bits per heavy atom. The van der Waals surface area contributed by atoms with Crippen LogP contribution in [-0.2, 0) is 4.79 Å². The molecule has 1 aromatic carbocycles. The molecule has 1 fully saturated rings. The summed E-state index contributed by atoms with van der Waals surface area (Å²) in [6.45, 7) is 4.10. The van der Waals surface area contributed by atoms with Gasteiger partial charge in [0.1, 0.15) is 6.04 Å². The molecule has 0 bridgehead atoms. The second-order valence-corrected chi connectivity index (χ2v) is 4.37. The maximum atomic E-state index is 11.3. The number of carboxylic acids is 1. The summed E-state index contributed by atoms with van der Waals surface area (Å²) >= 11 is 0. The fourth-order valence-corrected chi connectivity index (χ4v) is 2.07. The van der Waals surface area contributed by atoms with Crippen LogP contribution in [0.15, 0.2) is 36.9 Å². The Morgan fingerprint density at radius 1 is 1.53 bits per heavy atom. The van der Waals surface area contributed by atoms with Crippen LogP contribution in [0.5, 0.6) is 0 Å². The number of hydrogen-bond donors (Lipinski definition) is 2. The summed E-state index contributed by atoms with van der Waals surface area (Å²) in [5.74, 6) is -0.279. The van der Waals surface area contributed by atoms with Crippen LogP contribution in [0.1, 0.15) is 35.9 Å². The second-order valence-electron chi connectivity index (χ2n) is 4.37. The van der Waals surface area contributed by atoms with E-state index in [1.54, 1.807) is 6.08 Å². The Kier molecular flexibility index (Phi) is 3.59.